The number of carbonyl (C=O) groups is 2. The summed E-state index contributed by atoms with van der Waals surface area (Å²) < 4.78 is 20.0. The molecule has 8 nitrogen and oxygen atoms in total. The lowest BCUT2D eigenvalue weighted by Crippen LogP contribution is -2.36. The molecule has 0 radical (unpaired) electrons. The summed E-state index contributed by atoms with van der Waals surface area (Å²) in [4.78, 5) is 40.4. The number of ether oxygens (including phenoxy) is 1. The second-order valence-electron chi connectivity index (χ2n) is 4.61. The molecular formula is C12H22NO7P. The van der Waals surface area contributed by atoms with Gasteiger partial charge in [-0.25, -0.2) is 9.36 Å². The molecule has 0 aromatic rings. The maximum Gasteiger partial charge on any atom is 0.471 e. The van der Waals surface area contributed by atoms with Crippen molar-refractivity contribution in [1.29, 1.82) is 0 Å². The van der Waals surface area contributed by atoms with Crippen molar-refractivity contribution in [1.82, 2.24) is 5.32 Å². The monoisotopic (exact) mass is 323 g/mol. The molecule has 0 aromatic heterocycles. The fraction of sp³-hybridized carbons (Fsp3) is 0.667. The van der Waals surface area contributed by atoms with Crippen molar-refractivity contribution in [2.24, 2.45) is 0 Å². The third kappa shape index (κ3) is 10.2. The van der Waals surface area contributed by atoms with Crippen LogP contribution in [0.3, 0.4) is 0 Å². The third-order valence-electron chi connectivity index (χ3n) is 2.31. The average Bonchev–Trinajstić information content (AvgIpc) is 2.25. The predicted molar refractivity (Wildman–Crippen MR) is 75.0 cm³/mol. The minimum atomic E-state index is -4.67. The van der Waals surface area contributed by atoms with Crippen molar-refractivity contribution in [2.75, 3.05) is 0 Å². The molecule has 0 aliphatic carbocycles. The van der Waals surface area contributed by atoms with E-state index in [1.807, 2.05) is 6.92 Å². The Hall–Kier alpha value is -1.21. The second kappa shape index (κ2) is 8.94. The summed E-state index contributed by atoms with van der Waals surface area (Å²) in [6, 6.07) is 0. The van der Waals surface area contributed by atoms with Crippen LogP contribution in [0.2, 0.25) is 0 Å². The first-order chi connectivity index (χ1) is 9.55. The molecule has 0 bridgehead atoms. The molecule has 0 aromatic carbocycles. The fourth-order valence-electron chi connectivity index (χ4n) is 1.50. The van der Waals surface area contributed by atoms with Gasteiger partial charge < -0.3 is 19.8 Å². The number of carbonyl (C=O) groups excluding carboxylic acids is 2. The van der Waals surface area contributed by atoms with Crippen LogP contribution < -0.4 is 5.32 Å². The van der Waals surface area contributed by atoms with Gasteiger partial charge in [-0.15, -0.1) is 0 Å². The van der Waals surface area contributed by atoms with Crippen LogP contribution in [0.1, 0.15) is 40.0 Å². The third-order valence-corrected chi connectivity index (χ3v) is 2.90. The number of amides is 1. The maximum absolute atomic E-state index is 11.7. The summed E-state index contributed by atoms with van der Waals surface area (Å²) in [5, 5.41) is 2.26. The van der Waals surface area contributed by atoms with E-state index < -0.39 is 32.0 Å². The maximum atomic E-state index is 11.7. The Morgan fingerprint density at radius 1 is 1.38 bits per heavy atom. The number of esters is 1. The zero-order valence-corrected chi connectivity index (χ0v) is 13.3. The molecule has 21 heavy (non-hydrogen) atoms. The zero-order valence-electron chi connectivity index (χ0n) is 12.4. The number of nitrogens with one attached hydrogen (secondary N) is 1. The Morgan fingerprint density at radius 3 is 2.38 bits per heavy atom. The SMILES string of the molecule is C=C(C)C(=O)OC(CCC)CC(=O)NC(C)OP(=O)(O)O. The summed E-state index contributed by atoms with van der Waals surface area (Å²) in [5.41, 5.74) is 0.231. The molecule has 0 saturated carbocycles. The van der Waals surface area contributed by atoms with Gasteiger partial charge in [-0.3, -0.25) is 9.32 Å². The van der Waals surface area contributed by atoms with Gasteiger partial charge in [-0.2, -0.15) is 0 Å². The van der Waals surface area contributed by atoms with Crippen LogP contribution in [0, 0.1) is 0 Å². The van der Waals surface area contributed by atoms with Crippen molar-refractivity contribution in [2.45, 2.75) is 52.4 Å². The van der Waals surface area contributed by atoms with Crippen LogP contribution in [0.15, 0.2) is 12.2 Å². The predicted octanol–water partition coefficient (Wildman–Crippen LogP) is 1.24. The summed E-state index contributed by atoms with van der Waals surface area (Å²) >= 11 is 0. The van der Waals surface area contributed by atoms with Gasteiger partial charge in [-0.1, -0.05) is 19.9 Å². The van der Waals surface area contributed by atoms with Gasteiger partial charge >= 0.3 is 13.8 Å². The van der Waals surface area contributed by atoms with Crippen LogP contribution in [0.5, 0.6) is 0 Å². The Balaban J connectivity index is 4.44. The smallest absolute Gasteiger partial charge is 0.458 e. The molecule has 2 unspecified atom stereocenters. The van der Waals surface area contributed by atoms with Gasteiger partial charge in [0.1, 0.15) is 12.3 Å². The first-order valence-corrected chi connectivity index (χ1v) is 7.98. The number of hydrogen-bond donors (Lipinski definition) is 3. The molecule has 0 aliphatic rings. The van der Waals surface area contributed by atoms with E-state index in [0.29, 0.717) is 12.8 Å². The second-order valence-corrected chi connectivity index (χ2v) is 5.80. The first-order valence-electron chi connectivity index (χ1n) is 6.45. The van der Waals surface area contributed by atoms with E-state index in [0.717, 1.165) is 0 Å². The molecule has 0 heterocycles. The highest BCUT2D eigenvalue weighted by atomic mass is 31.2. The molecule has 122 valence electrons. The van der Waals surface area contributed by atoms with E-state index in [9.17, 15) is 14.2 Å². The Morgan fingerprint density at radius 2 is 1.95 bits per heavy atom. The van der Waals surface area contributed by atoms with Gasteiger partial charge in [0.05, 0.1) is 6.42 Å². The molecular weight excluding hydrogens is 301 g/mol. The number of phosphoric ester groups is 1. The van der Waals surface area contributed by atoms with E-state index in [1.165, 1.54) is 13.8 Å². The van der Waals surface area contributed by atoms with Crippen LogP contribution in [-0.2, 0) is 23.4 Å². The fourth-order valence-corrected chi connectivity index (χ4v) is 1.97. The van der Waals surface area contributed by atoms with Gasteiger partial charge in [0, 0.05) is 5.57 Å². The average molecular weight is 323 g/mol. The number of phosphoric acid groups is 1. The van der Waals surface area contributed by atoms with Crippen molar-refractivity contribution < 1.29 is 33.2 Å². The highest BCUT2D eigenvalue weighted by Crippen LogP contribution is 2.36. The van der Waals surface area contributed by atoms with Crippen molar-refractivity contribution >= 4 is 19.7 Å². The van der Waals surface area contributed by atoms with Gasteiger partial charge in [0.15, 0.2) is 0 Å². The summed E-state index contributed by atoms with van der Waals surface area (Å²) in [6.07, 6.45) is -0.711. The summed E-state index contributed by atoms with van der Waals surface area (Å²) in [5.74, 6) is -1.12. The molecule has 0 rings (SSSR count). The van der Waals surface area contributed by atoms with Crippen LogP contribution in [0.25, 0.3) is 0 Å². The van der Waals surface area contributed by atoms with Crippen molar-refractivity contribution in [3.63, 3.8) is 0 Å². The molecule has 9 heteroatoms. The highest BCUT2D eigenvalue weighted by Gasteiger charge is 2.23. The first kappa shape index (κ1) is 19.8. The minimum Gasteiger partial charge on any atom is -0.458 e. The normalized spacial score (nSPS) is 14.1. The van der Waals surface area contributed by atoms with Crippen LogP contribution in [0.4, 0.5) is 0 Å². The molecule has 2 atom stereocenters. The van der Waals surface area contributed by atoms with E-state index >= 15 is 0 Å². The Kier molecular flexibility index (Phi) is 8.43. The summed E-state index contributed by atoms with van der Waals surface area (Å²) in [6.45, 7) is 8.11. The van der Waals surface area contributed by atoms with Gasteiger partial charge in [0.25, 0.3) is 0 Å². The van der Waals surface area contributed by atoms with Gasteiger partial charge in [-0.05, 0) is 20.3 Å². The zero-order chi connectivity index (χ0) is 16.6. The molecule has 0 aliphatic heterocycles. The quantitative estimate of drug-likeness (QED) is 0.252. The van der Waals surface area contributed by atoms with E-state index in [1.54, 1.807) is 0 Å². The van der Waals surface area contributed by atoms with Gasteiger partial charge in [0.2, 0.25) is 5.91 Å². The van der Waals surface area contributed by atoms with Crippen LogP contribution in [-0.4, -0.2) is 34.0 Å². The van der Waals surface area contributed by atoms with Crippen molar-refractivity contribution in [3.05, 3.63) is 12.2 Å². The van der Waals surface area contributed by atoms with E-state index in [4.69, 9.17) is 14.5 Å². The van der Waals surface area contributed by atoms with E-state index in [2.05, 4.69) is 16.4 Å². The minimum absolute atomic E-state index is 0.123. The molecule has 3 N–H and O–H groups in total. The van der Waals surface area contributed by atoms with Crippen LogP contribution >= 0.6 is 7.82 Å². The number of rotatable bonds is 9. The molecule has 1 amide bonds. The highest BCUT2D eigenvalue weighted by molar-refractivity contribution is 7.46. The lowest BCUT2D eigenvalue weighted by molar-refractivity contribution is -0.146. The standard InChI is InChI=1S/C12H22NO7P/c1-5-6-10(19-12(15)8(2)3)7-11(14)13-9(4)20-21(16,17)18/h9-10H,2,5-7H2,1,3-4H3,(H,13,14)(H2,16,17,18). The molecule has 0 fully saturated rings. The molecule has 0 saturated heterocycles. The lowest BCUT2D eigenvalue weighted by atomic mass is 10.1. The lowest BCUT2D eigenvalue weighted by Gasteiger charge is -2.19. The Bertz CT molecular complexity index is 431. The molecule has 0 spiro atoms. The topological polar surface area (TPSA) is 122 Å². The van der Waals surface area contributed by atoms with E-state index in [-0.39, 0.29) is 12.0 Å². The largest absolute Gasteiger partial charge is 0.471 e. The van der Waals surface area contributed by atoms with Crippen molar-refractivity contribution in [3.8, 4) is 0 Å². The Labute approximate surface area is 123 Å². The number of hydrogen-bond acceptors (Lipinski definition) is 5. The summed E-state index contributed by atoms with van der Waals surface area (Å²) in [7, 11) is -4.67.